The number of hydrogen-bond acceptors (Lipinski definition) is 2. The first-order valence-corrected chi connectivity index (χ1v) is 7.21. The monoisotopic (exact) mass is 318 g/mol. The number of alkyl halides is 1. The van der Waals surface area contributed by atoms with Crippen LogP contribution in [0, 0.1) is 11.6 Å². The Balaban J connectivity index is 2.07. The second-order valence-electron chi connectivity index (χ2n) is 5.11. The first kappa shape index (κ1) is 16.8. The van der Waals surface area contributed by atoms with Crippen LogP contribution in [0.2, 0.25) is 0 Å². The summed E-state index contributed by atoms with van der Waals surface area (Å²) in [5, 5.41) is 0. The van der Waals surface area contributed by atoms with Gasteiger partial charge in [0.2, 0.25) is 5.82 Å². The number of ether oxygens (including phenoxy) is 2. The van der Waals surface area contributed by atoms with Crippen molar-refractivity contribution in [2.75, 3.05) is 19.9 Å². The summed E-state index contributed by atoms with van der Waals surface area (Å²) in [5.41, 5.74) is 0.217. The van der Waals surface area contributed by atoms with E-state index in [2.05, 4.69) is 0 Å². The fourth-order valence-corrected chi connectivity index (χ4v) is 2.52. The molecule has 1 saturated heterocycles. The van der Waals surface area contributed by atoms with Crippen LogP contribution < -0.4 is 4.74 Å². The van der Waals surface area contributed by atoms with E-state index in [4.69, 9.17) is 9.47 Å². The van der Waals surface area contributed by atoms with Gasteiger partial charge in [0.05, 0.1) is 19.3 Å². The van der Waals surface area contributed by atoms with Gasteiger partial charge in [-0.3, -0.25) is 0 Å². The number of halogens is 4. The summed E-state index contributed by atoms with van der Waals surface area (Å²) in [5.74, 6) is -3.26. The average molecular weight is 318 g/mol. The van der Waals surface area contributed by atoms with E-state index in [1.807, 2.05) is 0 Å². The topological polar surface area (TPSA) is 18.5 Å². The van der Waals surface area contributed by atoms with Gasteiger partial charge in [-0.05, 0) is 37.5 Å². The predicted octanol–water partition coefficient (Wildman–Crippen LogP) is 4.45. The van der Waals surface area contributed by atoms with Crippen LogP contribution in [0.1, 0.15) is 31.2 Å². The van der Waals surface area contributed by atoms with Crippen LogP contribution in [-0.2, 0) is 4.74 Å². The zero-order valence-corrected chi connectivity index (χ0v) is 12.3. The quantitative estimate of drug-likeness (QED) is 0.747. The molecule has 1 aromatic rings. The molecule has 0 spiro atoms. The molecule has 22 heavy (non-hydrogen) atoms. The molecule has 0 aliphatic carbocycles. The van der Waals surface area contributed by atoms with Crippen molar-refractivity contribution < 1.29 is 27.0 Å². The minimum atomic E-state index is -1.16. The maximum atomic E-state index is 14.1. The summed E-state index contributed by atoms with van der Waals surface area (Å²) in [6, 6.07) is 2.88. The minimum absolute atomic E-state index is 0.119. The Bertz CT molecular complexity index is 537. The lowest BCUT2D eigenvalue weighted by Crippen LogP contribution is -2.24. The number of benzene rings is 1. The van der Waals surface area contributed by atoms with Crippen LogP contribution >= 0.6 is 0 Å². The zero-order chi connectivity index (χ0) is 16.1. The molecular weight excluding hydrogens is 300 g/mol. The molecule has 2 unspecified atom stereocenters. The summed E-state index contributed by atoms with van der Waals surface area (Å²) in [6.45, 7) is 0.897. The molecule has 2 rings (SSSR count). The van der Waals surface area contributed by atoms with E-state index in [9.17, 15) is 17.6 Å². The Labute approximate surface area is 126 Å². The van der Waals surface area contributed by atoms with Crippen LogP contribution in [0.4, 0.5) is 17.6 Å². The zero-order valence-electron chi connectivity index (χ0n) is 12.3. The molecule has 1 aliphatic rings. The van der Waals surface area contributed by atoms with E-state index in [1.165, 1.54) is 12.1 Å². The van der Waals surface area contributed by atoms with Crippen molar-refractivity contribution in [1.29, 1.82) is 0 Å². The van der Waals surface area contributed by atoms with Crippen molar-refractivity contribution in [3.63, 3.8) is 0 Å². The van der Waals surface area contributed by atoms with Gasteiger partial charge in [0.1, 0.15) is 12.5 Å². The van der Waals surface area contributed by atoms with Gasteiger partial charge in [0.25, 0.3) is 0 Å². The maximum absolute atomic E-state index is 14.1. The van der Waals surface area contributed by atoms with Gasteiger partial charge in [0, 0.05) is 5.92 Å². The molecule has 0 N–H and O–H groups in total. The van der Waals surface area contributed by atoms with Crippen LogP contribution in [0.5, 0.6) is 5.75 Å². The summed E-state index contributed by atoms with van der Waals surface area (Å²) in [6.07, 6.45) is 1.49. The molecule has 0 amide bonds. The molecular formula is C16H18F4O2. The van der Waals surface area contributed by atoms with Crippen LogP contribution in [0.25, 0.3) is 0 Å². The first-order chi connectivity index (χ1) is 10.6. The highest BCUT2D eigenvalue weighted by molar-refractivity contribution is 5.33. The van der Waals surface area contributed by atoms with Gasteiger partial charge in [-0.2, -0.15) is 4.39 Å². The predicted molar refractivity (Wildman–Crippen MR) is 74.4 cm³/mol. The third-order valence-corrected chi connectivity index (χ3v) is 3.62. The molecule has 1 fully saturated rings. The smallest absolute Gasteiger partial charge is 0.200 e. The lowest BCUT2D eigenvalue weighted by Gasteiger charge is -2.28. The molecule has 2 nitrogen and oxygen atoms in total. The second kappa shape index (κ2) is 7.63. The average Bonchev–Trinajstić information content (AvgIpc) is 2.53. The molecule has 0 aromatic heterocycles. The standard InChI is InChI=1S/C16H18F4O2/c1-2-21-14-6-5-13(15(19)16(14)20)10-3-4-12(22-9-10)7-11(18)8-17/h5-7,10,12H,2-4,8-9H2,1H3/b11-7-. The summed E-state index contributed by atoms with van der Waals surface area (Å²) < 4.78 is 63.3. The third-order valence-electron chi connectivity index (χ3n) is 3.62. The van der Waals surface area contributed by atoms with Crippen molar-refractivity contribution >= 4 is 0 Å². The Morgan fingerprint density at radius 2 is 2.09 bits per heavy atom. The van der Waals surface area contributed by atoms with E-state index in [1.54, 1.807) is 6.92 Å². The van der Waals surface area contributed by atoms with Crippen molar-refractivity contribution in [3.8, 4) is 5.75 Å². The maximum Gasteiger partial charge on any atom is 0.200 e. The van der Waals surface area contributed by atoms with E-state index in [-0.39, 0.29) is 30.4 Å². The Morgan fingerprint density at radius 3 is 2.68 bits per heavy atom. The largest absolute Gasteiger partial charge is 0.491 e. The Hall–Kier alpha value is -1.56. The van der Waals surface area contributed by atoms with Crippen LogP contribution in [0.3, 0.4) is 0 Å². The molecule has 0 bridgehead atoms. The molecule has 1 aliphatic heterocycles. The van der Waals surface area contributed by atoms with E-state index in [0.717, 1.165) is 6.08 Å². The van der Waals surface area contributed by atoms with Gasteiger partial charge < -0.3 is 9.47 Å². The normalized spacial score (nSPS) is 22.7. The summed E-state index contributed by atoms with van der Waals surface area (Å²) in [7, 11) is 0. The number of rotatable bonds is 5. The van der Waals surface area contributed by atoms with Gasteiger partial charge in [-0.1, -0.05) is 6.07 Å². The van der Waals surface area contributed by atoms with Gasteiger partial charge in [-0.25, -0.2) is 13.2 Å². The Morgan fingerprint density at radius 1 is 1.32 bits per heavy atom. The lowest BCUT2D eigenvalue weighted by molar-refractivity contribution is 0.0304. The third kappa shape index (κ3) is 3.80. The minimum Gasteiger partial charge on any atom is -0.491 e. The highest BCUT2D eigenvalue weighted by atomic mass is 19.2. The molecule has 2 atom stereocenters. The van der Waals surface area contributed by atoms with Crippen molar-refractivity contribution in [2.24, 2.45) is 0 Å². The summed E-state index contributed by atoms with van der Waals surface area (Å²) >= 11 is 0. The number of hydrogen-bond donors (Lipinski definition) is 0. The van der Waals surface area contributed by atoms with Crippen molar-refractivity contribution in [2.45, 2.75) is 31.8 Å². The molecule has 0 saturated carbocycles. The molecule has 1 aromatic carbocycles. The van der Waals surface area contributed by atoms with Gasteiger partial charge >= 0.3 is 0 Å². The van der Waals surface area contributed by atoms with Crippen molar-refractivity contribution in [3.05, 3.63) is 41.2 Å². The highest BCUT2D eigenvalue weighted by Gasteiger charge is 2.26. The van der Waals surface area contributed by atoms with Crippen molar-refractivity contribution in [1.82, 2.24) is 0 Å². The van der Waals surface area contributed by atoms with Crippen LogP contribution in [-0.4, -0.2) is 26.0 Å². The van der Waals surface area contributed by atoms with E-state index < -0.39 is 30.2 Å². The lowest BCUT2D eigenvalue weighted by atomic mass is 9.90. The highest BCUT2D eigenvalue weighted by Crippen LogP contribution is 2.33. The molecule has 6 heteroatoms. The van der Waals surface area contributed by atoms with Gasteiger partial charge in [0.15, 0.2) is 11.6 Å². The van der Waals surface area contributed by atoms with Crippen LogP contribution in [0.15, 0.2) is 24.0 Å². The summed E-state index contributed by atoms with van der Waals surface area (Å²) in [4.78, 5) is 0. The molecule has 0 radical (unpaired) electrons. The molecule has 122 valence electrons. The van der Waals surface area contributed by atoms with E-state index in [0.29, 0.717) is 12.8 Å². The second-order valence-corrected chi connectivity index (χ2v) is 5.11. The molecule has 1 heterocycles. The Kier molecular flexibility index (Phi) is 5.83. The SMILES string of the molecule is CCOc1ccc(C2CCC(/C=C(\F)CF)OC2)c(F)c1F. The van der Waals surface area contributed by atoms with E-state index >= 15 is 0 Å². The fourth-order valence-electron chi connectivity index (χ4n) is 2.52. The number of allylic oxidation sites excluding steroid dienone is 1. The fraction of sp³-hybridized carbons (Fsp3) is 0.500. The first-order valence-electron chi connectivity index (χ1n) is 7.21. The van der Waals surface area contributed by atoms with Gasteiger partial charge in [-0.15, -0.1) is 0 Å².